The SMILES string of the molecule is C[C@@H](Sc1nnnn1C(C)(C)C)C(=O)Nc1sc2c(c1C#N)CCCCC2. The average Bonchev–Trinajstić information content (AvgIpc) is 3.12. The molecule has 0 saturated carbocycles. The third kappa shape index (κ3) is 4.33. The van der Waals surface area contributed by atoms with Crippen LogP contribution in [-0.4, -0.2) is 31.4 Å². The molecule has 2 heterocycles. The molecule has 1 atom stereocenters. The van der Waals surface area contributed by atoms with Crippen molar-refractivity contribution in [2.24, 2.45) is 0 Å². The van der Waals surface area contributed by atoms with Crippen molar-refractivity contribution < 1.29 is 4.79 Å². The van der Waals surface area contributed by atoms with Crippen molar-refractivity contribution >= 4 is 34.0 Å². The van der Waals surface area contributed by atoms with Gasteiger partial charge < -0.3 is 5.32 Å². The van der Waals surface area contributed by atoms with E-state index < -0.39 is 0 Å². The normalized spacial score (nSPS) is 15.5. The van der Waals surface area contributed by atoms with Crippen molar-refractivity contribution in [2.75, 3.05) is 5.32 Å². The fourth-order valence-electron chi connectivity index (χ4n) is 3.05. The molecule has 1 amide bonds. The van der Waals surface area contributed by atoms with E-state index in [2.05, 4.69) is 26.9 Å². The van der Waals surface area contributed by atoms with E-state index in [0.717, 1.165) is 31.2 Å². The van der Waals surface area contributed by atoms with E-state index in [0.29, 0.717) is 15.7 Å². The van der Waals surface area contributed by atoms with Gasteiger partial charge in [-0.1, -0.05) is 18.2 Å². The predicted octanol–water partition coefficient (Wildman–Crippen LogP) is 3.75. The number of hydrogen-bond donors (Lipinski definition) is 1. The minimum Gasteiger partial charge on any atom is -0.316 e. The summed E-state index contributed by atoms with van der Waals surface area (Å²) in [4.78, 5) is 14.0. The number of rotatable bonds is 4. The molecule has 1 N–H and O–H groups in total. The smallest absolute Gasteiger partial charge is 0.238 e. The molecule has 2 aromatic rings. The summed E-state index contributed by atoms with van der Waals surface area (Å²) in [6, 6.07) is 2.30. The van der Waals surface area contributed by atoms with Crippen molar-refractivity contribution in [3.8, 4) is 6.07 Å². The fourth-order valence-corrected chi connectivity index (χ4v) is 5.27. The van der Waals surface area contributed by atoms with E-state index in [1.165, 1.54) is 23.1 Å². The Kier molecular flexibility index (Phi) is 5.86. The zero-order chi connectivity index (χ0) is 19.6. The Hall–Kier alpha value is -1.92. The van der Waals surface area contributed by atoms with Gasteiger partial charge in [0.05, 0.1) is 16.4 Å². The molecule has 0 saturated heterocycles. The second-order valence-electron chi connectivity index (χ2n) is 7.67. The summed E-state index contributed by atoms with van der Waals surface area (Å²) >= 11 is 2.87. The number of thioether (sulfide) groups is 1. The first-order chi connectivity index (χ1) is 12.8. The molecule has 0 radical (unpaired) electrons. The number of nitrogens with zero attached hydrogens (tertiary/aromatic N) is 5. The highest BCUT2D eigenvalue weighted by atomic mass is 32.2. The second-order valence-corrected chi connectivity index (χ2v) is 10.1. The minimum absolute atomic E-state index is 0.142. The van der Waals surface area contributed by atoms with Crippen LogP contribution >= 0.6 is 23.1 Å². The van der Waals surface area contributed by atoms with E-state index in [4.69, 9.17) is 0 Å². The quantitative estimate of drug-likeness (QED) is 0.616. The molecule has 3 rings (SSSR count). The van der Waals surface area contributed by atoms with E-state index in [9.17, 15) is 10.1 Å². The summed E-state index contributed by atoms with van der Waals surface area (Å²) in [5, 5.41) is 25.3. The first-order valence-corrected chi connectivity index (χ1v) is 10.8. The van der Waals surface area contributed by atoms with Crippen molar-refractivity contribution in [1.82, 2.24) is 20.2 Å². The van der Waals surface area contributed by atoms with Crippen molar-refractivity contribution in [3.63, 3.8) is 0 Å². The number of amides is 1. The number of carbonyl (C=O) groups is 1. The fraction of sp³-hybridized carbons (Fsp3) is 0.611. The molecule has 0 unspecified atom stereocenters. The molecule has 0 spiro atoms. The summed E-state index contributed by atoms with van der Waals surface area (Å²) in [6.45, 7) is 7.86. The van der Waals surface area contributed by atoms with Gasteiger partial charge in [-0.2, -0.15) is 5.26 Å². The molecule has 27 heavy (non-hydrogen) atoms. The van der Waals surface area contributed by atoms with E-state index >= 15 is 0 Å². The highest BCUT2D eigenvalue weighted by molar-refractivity contribution is 8.00. The maximum Gasteiger partial charge on any atom is 0.238 e. The number of anilines is 1. The van der Waals surface area contributed by atoms with Crippen LogP contribution in [0.2, 0.25) is 0 Å². The van der Waals surface area contributed by atoms with Crippen molar-refractivity contribution in [1.29, 1.82) is 5.26 Å². The summed E-state index contributed by atoms with van der Waals surface area (Å²) < 4.78 is 1.72. The zero-order valence-electron chi connectivity index (χ0n) is 16.1. The van der Waals surface area contributed by atoms with Crippen LogP contribution in [0, 0.1) is 11.3 Å². The summed E-state index contributed by atoms with van der Waals surface area (Å²) in [5.74, 6) is -0.142. The van der Waals surface area contributed by atoms with Gasteiger partial charge in [0.1, 0.15) is 11.1 Å². The Morgan fingerprint density at radius 1 is 1.33 bits per heavy atom. The minimum atomic E-state index is -0.384. The largest absolute Gasteiger partial charge is 0.316 e. The molecule has 1 aliphatic carbocycles. The number of nitriles is 1. The number of fused-ring (bicyclic) bond motifs is 1. The number of carbonyl (C=O) groups excluding carboxylic acids is 1. The van der Waals surface area contributed by atoms with Gasteiger partial charge in [0, 0.05) is 4.88 Å². The Bertz CT molecular complexity index is 874. The molecule has 0 aliphatic heterocycles. The lowest BCUT2D eigenvalue weighted by atomic mass is 10.1. The molecule has 0 aromatic carbocycles. The van der Waals surface area contributed by atoms with Crippen LogP contribution in [0.15, 0.2) is 5.16 Å². The van der Waals surface area contributed by atoms with Crippen molar-refractivity contribution in [2.45, 2.75) is 75.7 Å². The van der Waals surface area contributed by atoms with Gasteiger partial charge >= 0.3 is 0 Å². The zero-order valence-corrected chi connectivity index (χ0v) is 17.7. The molecule has 2 aromatic heterocycles. The van der Waals surface area contributed by atoms with E-state index in [-0.39, 0.29) is 16.7 Å². The Morgan fingerprint density at radius 3 is 2.78 bits per heavy atom. The molecule has 144 valence electrons. The summed E-state index contributed by atoms with van der Waals surface area (Å²) in [6.07, 6.45) is 5.37. The number of hydrogen-bond acceptors (Lipinski definition) is 7. The van der Waals surface area contributed by atoms with Crippen LogP contribution in [0.25, 0.3) is 0 Å². The van der Waals surface area contributed by atoms with E-state index in [1.54, 1.807) is 16.0 Å². The number of aryl methyl sites for hydroxylation is 1. The highest BCUT2D eigenvalue weighted by Crippen LogP contribution is 2.37. The molecular formula is C18H24N6OS2. The van der Waals surface area contributed by atoms with Crippen LogP contribution in [0.3, 0.4) is 0 Å². The lowest BCUT2D eigenvalue weighted by molar-refractivity contribution is -0.115. The maximum absolute atomic E-state index is 12.7. The van der Waals surface area contributed by atoms with Crippen molar-refractivity contribution in [3.05, 3.63) is 16.0 Å². The van der Waals surface area contributed by atoms with Gasteiger partial charge in [-0.15, -0.1) is 16.4 Å². The van der Waals surface area contributed by atoms with Crippen LogP contribution in [0.1, 0.15) is 63.0 Å². The maximum atomic E-state index is 12.7. The second kappa shape index (κ2) is 7.98. The third-order valence-corrected chi connectivity index (χ3v) is 6.74. The molecular weight excluding hydrogens is 380 g/mol. The summed E-state index contributed by atoms with van der Waals surface area (Å²) in [5.41, 5.74) is 1.51. The molecule has 1 aliphatic rings. The predicted molar refractivity (Wildman–Crippen MR) is 107 cm³/mol. The van der Waals surface area contributed by atoms with Gasteiger partial charge in [-0.05, 0) is 69.4 Å². The van der Waals surface area contributed by atoms with Crippen LogP contribution in [0.5, 0.6) is 0 Å². The number of aromatic nitrogens is 4. The highest BCUT2D eigenvalue weighted by Gasteiger charge is 2.26. The Morgan fingerprint density at radius 2 is 2.07 bits per heavy atom. The average molecular weight is 405 g/mol. The van der Waals surface area contributed by atoms with Crippen LogP contribution < -0.4 is 5.32 Å². The molecule has 0 bridgehead atoms. The molecule has 0 fully saturated rings. The van der Waals surface area contributed by atoms with Gasteiger partial charge in [0.15, 0.2) is 0 Å². The van der Waals surface area contributed by atoms with Crippen LogP contribution in [-0.2, 0) is 23.2 Å². The van der Waals surface area contributed by atoms with Gasteiger partial charge in [-0.25, -0.2) is 4.68 Å². The lowest BCUT2D eigenvalue weighted by Gasteiger charge is -2.20. The Balaban J connectivity index is 1.74. The van der Waals surface area contributed by atoms with Gasteiger partial charge in [0.2, 0.25) is 11.1 Å². The first-order valence-electron chi connectivity index (χ1n) is 9.12. The van der Waals surface area contributed by atoms with Crippen LogP contribution in [0.4, 0.5) is 5.00 Å². The number of nitrogens with one attached hydrogen (secondary N) is 1. The lowest BCUT2D eigenvalue weighted by Crippen LogP contribution is -2.27. The number of tetrazole rings is 1. The van der Waals surface area contributed by atoms with Gasteiger partial charge in [-0.3, -0.25) is 4.79 Å². The van der Waals surface area contributed by atoms with Gasteiger partial charge in [0.25, 0.3) is 0 Å². The Labute approximate surface area is 167 Å². The number of thiophene rings is 1. The first kappa shape index (κ1) is 19.8. The molecule has 9 heteroatoms. The summed E-state index contributed by atoms with van der Waals surface area (Å²) in [7, 11) is 0. The third-order valence-electron chi connectivity index (χ3n) is 4.50. The molecule has 7 nitrogen and oxygen atoms in total. The van der Waals surface area contributed by atoms with E-state index in [1.807, 2.05) is 27.7 Å². The monoisotopic (exact) mass is 404 g/mol. The topological polar surface area (TPSA) is 96.5 Å². The standard InChI is InChI=1S/C18H24N6OS2/c1-11(26-17-21-22-23-24(17)18(2,3)4)15(25)20-16-13(10-19)12-8-6-5-7-9-14(12)27-16/h11H,5-9H2,1-4H3,(H,20,25)/t11-/m1/s1.